The number of aromatic carboxylic acids is 1. The largest absolute Gasteiger partial charge is 0.478 e. The molecule has 0 aromatic carbocycles. The number of aryl methyl sites for hydroxylation is 1. The first-order valence-corrected chi connectivity index (χ1v) is 9.99. The summed E-state index contributed by atoms with van der Waals surface area (Å²) in [6.45, 7) is 1.77. The van der Waals surface area contributed by atoms with Crippen LogP contribution in [0, 0.1) is 12.8 Å². The summed E-state index contributed by atoms with van der Waals surface area (Å²) in [6, 6.07) is 1.000. The smallest absolute Gasteiger partial charge is 0.339 e. The Morgan fingerprint density at radius 2 is 2.04 bits per heavy atom. The van der Waals surface area contributed by atoms with Gasteiger partial charge in [0.1, 0.15) is 23.1 Å². The number of carbonyl (C=O) groups excluding carboxylic acids is 2. The van der Waals surface area contributed by atoms with Crippen LogP contribution >= 0.6 is 11.8 Å². The fraction of sp³-hybridized carbons (Fsp3) is 0.611. The Morgan fingerprint density at radius 1 is 1.35 bits per heavy atom. The van der Waals surface area contributed by atoms with Crippen molar-refractivity contribution in [2.45, 2.75) is 45.2 Å². The summed E-state index contributed by atoms with van der Waals surface area (Å²) >= 11 is 1.60. The maximum Gasteiger partial charge on any atom is 0.339 e. The molecule has 0 radical (unpaired) electrons. The lowest BCUT2D eigenvalue weighted by Gasteiger charge is -2.28. The van der Waals surface area contributed by atoms with Gasteiger partial charge in [-0.1, -0.05) is 12.8 Å². The van der Waals surface area contributed by atoms with Gasteiger partial charge in [0, 0.05) is 18.7 Å². The van der Waals surface area contributed by atoms with E-state index >= 15 is 0 Å². The molecule has 1 saturated heterocycles. The van der Waals surface area contributed by atoms with E-state index < -0.39 is 12.0 Å². The van der Waals surface area contributed by atoms with E-state index in [0.717, 1.165) is 25.7 Å². The molecule has 1 aliphatic carbocycles. The molecule has 1 N–H and O–H groups in total. The Labute approximate surface area is 156 Å². The van der Waals surface area contributed by atoms with Gasteiger partial charge in [0.25, 0.3) is 0 Å². The van der Waals surface area contributed by atoms with Crippen molar-refractivity contribution in [2.75, 3.05) is 18.7 Å². The molecule has 2 amide bonds. The van der Waals surface area contributed by atoms with Gasteiger partial charge in [0.05, 0.1) is 12.4 Å². The minimum absolute atomic E-state index is 0.0557. The molecule has 2 heterocycles. The van der Waals surface area contributed by atoms with Crippen LogP contribution in [0.25, 0.3) is 0 Å². The molecule has 1 unspecified atom stereocenters. The molecule has 1 aromatic rings. The number of carboxylic acid groups (broad SMARTS) is 1. The number of likely N-dealkylation sites (N-methyl/N-ethyl adjacent to an activating group) is 1. The minimum Gasteiger partial charge on any atom is -0.478 e. The van der Waals surface area contributed by atoms with Gasteiger partial charge >= 0.3 is 5.97 Å². The van der Waals surface area contributed by atoms with E-state index in [-0.39, 0.29) is 29.8 Å². The zero-order chi connectivity index (χ0) is 18.8. The molecule has 2 fully saturated rings. The number of carboxylic acids is 1. The summed E-state index contributed by atoms with van der Waals surface area (Å²) in [5, 5.41) is 9.11. The second-order valence-electron chi connectivity index (χ2n) is 6.99. The standard InChI is InChI=1S/C18H24N2O5S/c1-11-14(18(23)24)7-13(25-11)8-19(2)17(22)15-9-26-10-20(15)16(21)12-5-3-4-6-12/h7,12,15H,3-6,8-10H2,1-2H3,(H,23,24). The van der Waals surface area contributed by atoms with Crippen LogP contribution in [-0.4, -0.2) is 57.4 Å². The van der Waals surface area contributed by atoms with E-state index in [4.69, 9.17) is 9.52 Å². The molecule has 1 saturated carbocycles. The summed E-state index contributed by atoms with van der Waals surface area (Å²) in [5.41, 5.74) is 0.107. The molecule has 7 nitrogen and oxygen atoms in total. The molecule has 0 spiro atoms. The zero-order valence-electron chi connectivity index (χ0n) is 15.1. The minimum atomic E-state index is -1.05. The van der Waals surface area contributed by atoms with E-state index in [0.29, 0.717) is 23.2 Å². The van der Waals surface area contributed by atoms with Crippen molar-refractivity contribution >= 4 is 29.5 Å². The molecular weight excluding hydrogens is 356 g/mol. The molecule has 1 aliphatic heterocycles. The number of hydrogen-bond acceptors (Lipinski definition) is 5. The Bertz CT molecular complexity index is 710. The van der Waals surface area contributed by atoms with Crippen molar-refractivity contribution < 1.29 is 23.9 Å². The summed E-state index contributed by atoms with van der Waals surface area (Å²) in [7, 11) is 1.65. The third-order valence-corrected chi connectivity index (χ3v) is 6.14. The summed E-state index contributed by atoms with van der Waals surface area (Å²) in [6.07, 6.45) is 4.00. The maximum atomic E-state index is 12.9. The third kappa shape index (κ3) is 3.75. The van der Waals surface area contributed by atoms with Crippen molar-refractivity contribution in [1.29, 1.82) is 0 Å². The second kappa shape index (κ2) is 7.73. The summed E-state index contributed by atoms with van der Waals surface area (Å²) in [5.74, 6) is 0.875. The quantitative estimate of drug-likeness (QED) is 0.843. The monoisotopic (exact) mass is 380 g/mol. The average Bonchev–Trinajstić information content (AvgIpc) is 3.34. The van der Waals surface area contributed by atoms with Crippen molar-refractivity contribution in [3.8, 4) is 0 Å². The van der Waals surface area contributed by atoms with Crippen LogP contribution in [0.5, 0.6) is 0 Å². The van der Waals surface area contributed by atoms with Crippen LogP contribution in [0.3, 0.4) is 0 Å². The predicted molar refractivity (Wildman–Crippen MR) is 96.8 cm³/mol. The number of hydrogen-bond donors (Lipinski definition) is 1. The van der Waals surface area contributed by atoms with Crippen molar-refractivity contribution in [2.24, 2.45) is 5.92 Å². The number of nitrogens with zero attached hydrogens (tertiary/aromatic N) is 2. The fourth-order valence-corrected chi connectivity index (χ4v) is 4.83. The van der Waals surface area contributed by atoms with Gasteiger partial charge in [-0.25, -0.2) is 4.79 Å². The fourth-order valence-electron chi connectivity index (χ4n) is 3.67. The van der Waals surface area contributed by atoms with Gasteiger partial charge in [-0.15, -0.1) is 11.8 Å². The van der Waals surface area contributed by atoms with E-state index in [2.05, 4.69) is 0 Å². The molecule has 142 valence electrons. The lowest BCUT2D eigenvalue weighted by Crippen LogP contribution is -2.49. The molecule has 1 aromatic heterocycles. The topological polar surface area (TPSA) is 91.1 Å². The van der Waals surface area contributed by atoms with E-state index in [1.54, 1.807) is 30.6 Å². The maximum absolute atomic E-state index is 12.9. The van der Waals surface area contributed by atoms with Crippen molar-refractivity contribution in [1.82, 2.24) is 9.80 Å². The molecule has 3 rings (SSSR count). The first-order valence-electron chi connectivity index (χ1n) is 8.84. The van der Waals surface area contributed by atoms with Gasteiger partial charge < -0.3 is 19.3 Å². The van der Waals surface area contributed by atoms with Gasteiger partial charge in [0.15, 0.2) is 0 Å². The SMILES string of the molecule is Cc1oc(CN(C)C(=O)C2CSCN2C(=O)C2CCCC2)cc1C(=O)O. The second-order valence-corrected chi connectivity index (χ2v) is 7.99. The average molecular weight is 380 g/mol. The number of carbonyl (C=O) groups is 3. The summed E-state index contributed by atoms with van der Waals surface area (Å²) < 4.78 is 5.45. The predicted octanol–water partition coefficient (Wildman–Crippen LogP) is 2.34. The molecular formula is C18H24N2O5S. The van der Waals surface area contributed by atoms with Crippen LogP contribution in [0.15, 0.2) is 10.5 Å². The van der Waals surface area contributed by atoms with Gasteiger partial charge in [-0.3, -0.25) is 9.59 Å². The van der Waals surface area contributed by atoms with Crippen LogP contribution in [0.2, 0.25) is 0 Å². The van der Waals surface area contributed by atoms with E-state index in [1.807, 2.05) is 0 Å². The Balaban J connectivity index is 1.66. The molecule has 26 heavy (non-hydrogen) atoms. The van der Waals surface area contributed by atoms with Gasteiger partial charge in [0.2, 0.25) is 11.8 Å². The Hall–Kier alpha value is -1.96. The first-order chi connectivity index (χ1) is 12.4. The number of thioether (sulfide) groups is 1. The highest BCUT2D eigenvalue weighted by Gasteiger charge is 2.39. The van der Waals surface area contributed by atoms with Crippen LogP contribution in [-0.2, 0) is 16.1 Å². The summed E-state index contributed by atoms with van der Waals surface area (Å²) in [4.78, 5) is 39.9. The van der Waals surface area contributed by atoms with Gasteiger partial charge in [-0.2, -0.15) is 0 Å². The highest BCUT2D eigenvalue weighted by atomic mass is 32.2. The molecule has 0 bridgehead atoms. The van der Waals surface area contributed by atoms with Crippen LogP contribution < -0.4 is 0 Å². The van der Waals surface area contributed by atoms with Crippen molar-refractivity contribution in [3.05, 3.63) is 23.2 Å². The highest BCUT2D eigenvalue weighted by Crippen LogP contribution is 2.31. The lowest BCUT2D eigenvalue weighted by atomic mass is 10.1. The van der Waals surface area contributed by atoms with E-state index in [9.17, 15) is 14.4 Å². The lowest BCUT2D eigenvalue weighted by molar-refractivity contribution is -0.145. The molecule has 8 heteroatoms. The van der Waals surface area contributed by atoms with Gasteiger partial charge in [-0.05, 0) is 25.8 Å². The van der Waals surface area contributed by atoms with E-state index in [1.165, 1.54) is 11.0 Å². The number of rotatable bonds is 5. The van der Waals surface area contributed by atoms with Crippen molar-refractivity contribution in [3.63, 3.8) is 0 Å². The Morgan fingerprint density at radius 3 is 2.65 bits per heavy atom. The number of amides is 2. The Kier molecular flexibility index (Phi) is 5.60. The highest BCUT2D eigenvalue weighted by molar-refractivity contribution is 7.99. The molecule has 2 aliphatic rings. The zero-order valence-corrected chi connectivity index (χ0v) is 15.9. The number of furan rings is 1. The first kappa shape index (κ1) is 18.8. The van der Waals surface area contributed by atoms with Crippen LogP contribution in [0.1, 0.15) is 47.6 Å². The molecule has 1 atom stereocenters. The third-order valence-electron chi connectivity index (χ3n) is 5.12. The van der Waals surface area contributed by atoms with Crippen LogP contribution in [0.4, 0.5) is 0 Å². The normalized spacial score (nSPS) is 20.5.